The van der Waals surface area contributed by atoms with Gasteiger partial charge in [0.05, 0.1) is 0 Å². The molecule has 1 unspecified atom stereocenters. The van der Waals surface area contributed by atoms with Crippen LogP contribution in [0.4, 0.5) is 5.82 Å². The molecule has 2 amide bonds. The lowest BCUT2D eigenvalue weighted by Crippen LogP contribution is -2.39. The van der Waals surface area contributed by atoms with Crippen LogP contribution in [0.15, 0.2) is 54.7 Å². The van der Waals surface area contributed by atoms with Gasteiger partial charge in [-0.2, -0.15) is 0 Å². The van der Waals surface area contributed by atoms with Gasteiger partial charge in [-0.15, -0.1) is 0 Å². The summed E-state index contributed by atoms with van der Waals surface area (Å²) < 4.78 is 6.15. The number of rotatable bonds is 10. The molecule has 7 heteroatoms. The Labute approximate surface area is 250 Å². The summed E-state index contributed by atoms with van der Waals surface area (Å²) >= 11 is 0. The highest BCUT2D eigenvalue weighted by Crippen LogP contribution is 2.32. The lowest BCUT2D eigenvalue weighted by Gasteiger charge is -2.27. The van der Waals surface area contributed by atoms with Gasteiger partial charge in [0.25, 0.3) is 5.91 Å². The van der Waals surface area contributed by atoms with Crippen LogP contribution in [-0.2, 0) is 29.6 Å². The van der Waals surface area contributed by atoms with E-state index in [1.54, 1.807) is 18.3 Å². The number of fused-ring (bicyclic) bond motifs is 1. The third-order valence-corrected chi connectivity index (χ3v) is 8.33. The van der Waals surface area contributed by atoms with Gasteiger partial charge in [0.2, 0.25) is 5.91 Å². The van der Waals surface area contributed by atoms with Gasteiger partial charge in [0.15, 0.2) is 0 Å². The third-order valence-electron chi connectivity index (χ3n) is 8.33. The van der Waals surface area contributed by atoms with Gasteiger partial charge in [-0.05, 0) is 103 Å². The maximum absolute atomic E-state index is 13.6. The zero-order valence-electron chi connectivity index (χ0n) is 25.6. The van der Waals surface area contributed by atoms with Gasteiger partial charge in [0, 0.05) is 36.3 Å². The number of aromatic nitrogens is 1. The molecule has 2 N–H and O–H groups in total. The van der Waals surface area contributed by atoms with E-state index in [-0.39, 0.29) is 29.2 Å². The molecule has 3 aromatic rings. The maximum atomic E-state index is 13.6. The first-order valence-corrected chi connectivity index (χ1v) is 15.4. The molecule has 1 heterocycles. The first-order valence-electron chi connectivity index (χ1n) is 15.4. The van der Waals surface area contributed by atoms with Crippen molar-refractivity contribution < 1.29 is 14.3 Å². The SMILES string of the molecule is CCN(CC)Cc1cc(C(=O)NC2CCc3ccc(Oc4ccnc(NC(=O)C5CC5)c4)cc3C2)cc(C(C)(C)C)c1. The fourth-order valence-corrected chi connectivity index (χ4v) is 5.49. The molecule has 42 heavy (non-hydrogen) atoms. The van der Waals surface area contributed by atoms with Crippen LogP contribution in [0.1, 0.15) is 86.5 Å². The molecule has 0 aliphatic heterocycles. The first kappa shape index (κ1) is 29.8. The standard InChI is InChI=1S/C35H44N4O3/c1-6-39(7-2)22-23-16-27(18-28(17-23)35(3,4)5)34(41)37-29-12-10-24-11-13-30(20-26(24)19-29)42-31-14-15-36-32(21-31)38-33(40)25-8-9-25/h11,13-18,20-21,25,29H,6-10,12,19,22H2,1-5H3,(H,37,41)(H,36,38,40). The number of anilines is 1. The number of carbonyl (C=O) groups is 2. The van der Waals surface area contributed by atoms with E-state index in [2.05, 4.69) is 85.5 Å². The van der Waals surface area contributed by atoms with Crippen LogP contribution in [0.25, 0.3) is 0 Å². The lowest BCUT2D eigenvalue weighted by atomic mass is 9.84. The van der Waals surface area contributed by atoms with Crippen molar-refractivity contribution in [3.63, 3.8) is 0 Å². The molecule has 1 fully saturated rings. The number of hydrogen-bond acceptors (Lipinski definition) is 5. The zero-order chi connectivity index (χ0) is 29.9. The fourth-order valence-electron chi connectivity index (χ4n) is 5.49. The van der Waals surface area contributed by atoms with Gasteiger partial charge in [-0.3, -0.25) is 14.5 Å². The Morgan fingerprint density at radius 3 is 2.43 bits per heavy atom. The van der Waals surface area contributed by atoms with Gasteiger partial charge >= 0.3 is 0 Å². The molecule has 0 bridgehead atoms. The first-order chi connectivity index (χ1) is 20.1. The van der Waals surface area contributed by atoms with E-state index in [9.17, 15) is 9.59 Å². The number of nitrogens with one attached hydrogen (secondary N) is 2. The number of aryl methyl sites for hydroxylation is 1. The molecule has 0 saturated heterocycles. The molecule has 1 saturated carbocycles. The third kappa shape index (κ3) is 7.57. The molecule has 5 rings (SSSR count). The molecule has 222 valence electrons. The largest absolute Gasteiger partial charge is 0.457 e. The predicted octanol–water partition coefficient (Wildman–Crippen LogP) is 6.65. The van der Waals surface area contributed by atoms with Gasteiger partial charge < -0.3 is 15.4 Å². The van der Waals surface area contributed by atoms with E-state index in [0.29, 0.717) is 11.6 Å². The minimum Gasteiger partial charge on any atom is -0.457 e. The highest BCUT2D eigenvalue weighted by molar-refractivity contribution is 5.95. The second kappa shape index (κ2) is 12.7. The smallest absolute Gasteiger partial charge is 0.251 e. The van der Waals surface area contributed by atoms with Gasteiger partial charge in [-0.1, -0.05) is 46.8 Å². The summed E-state index contributed by atoms with van der Waals surface area (Å²) in [6, 6.07) is 16.1. The van der Waals surface area contributed by atoms with E-state index in [1.165, 1.54) is 22.3 Å². The van der Waals surface area contributed by atoms with E-state index in [4.69, 9.17) is 4.74 Å². The Morgan fingerprint density at radius 2 is 1.71 bits per heavy atom. The summed E-state index contributed by atoms with van der Waals surface area (Å²) in [5, 5.41) is 6.21. The number of carbonyl (C=O) groups excluding carboxylic acids is 2. The van der Waals surface area contributed by atoms with Crippen molar-refractivity contribution >= 4 is 17.6 Å². The molecule has 0 spiro atoms. The van der Waals surface area contributed by atoms with Crippen molar-refractivity contribution in [1.29, 1.82) is 0 Å². The molecular weight excluding hydrogens is 524 g/mol. The van der Waals surface area contributed by atoms with Crippen LogP contribution in [0, 0.1) is 5.92 Å². The number of amides is 2. The van der Waals surface area contributed by atoms with Crippen molar-refractivity contribution in [3.8, 4) is 11.5 Å². The molecule has 1 atom stereocenters. The van der Waals surface area contributed by atoms with Crippen LogP contribution in [-0.4, -0.2) is 40.8 Å². The van der Waals surface area contributed by atoms with Gasteiger partial charge in [0.1, 0.15) is 17.3 Å². The van der Waals surface area contributed by atoms with Crippen molar-refractivity contribution in [2.24, 2.45) is 5.92 Å². The number of benzene rings is 2. The Bertz CT molecular complexity index is 1440. The summed E-state index contributed by atoms with van der Waals surface area (Å²) in [7, 11) is 0. The average Bonchev–Trinajstić information content (AvgIpc) is 3.81. The lowest BCUT2D eigenvalue weighted by molar-refractivity contribution is -0.117. The van der Waals surface area contributed by atoms with Crippen LogP contribution in [0.3, 0.4) is 0 Å². The number of nitrogens with zero attached hydrogens (tertiary/aromatic N) is 2. The maximum Gasteiger partial charge on any atom is 0.251 e. The van der Waals surface area contributed by atoms with Crippen LogP contribution >= 0.6 is 0 Å². The highest BCUT2D eigenvalue weighted by Gasteiger charge is 2.30. The van der Waals surface area contributed by atoms with E-state index >= 15 is 0 Å². The monoisotopic (exact) mass is 568 g/mol. The van der Waals surface area contributed by atoms with Gasteiger partial charge in [-0.25, -0.2) is 4.98 Å². The molecule has 1 aromatic heterocycles. The molecule has 7 nitrogen and oxygen atoms in total. The fraction of sp³-hybridized carbons (Fsp3) is 0.457. The zero-order valence-corrected chi connectivity index (χ0v) is 25.6. The van der Waals surface area contributed by atoms with Crippen molar-refractivity contribution in [3.05, 3.63) is 82.5 Å². The number of pyridine rings is 1. The summed E-state index contributed by atoms with van der Waals surface area (Å²) in [4.78, 5) is 32.3. The molecular formula is C35H44N4O3. The van der Waals surface area contributed by atoms with Crippen LogP contribution < -0.4 is 15.4 Å². The van der Waals surface area contributed by atoms with Crippen LogP contribution in [0.2, 0.25) is 0 Å². The summed E-state index contributed by atoms with van der Waals surface area (Å²) in [6.45, 7) is 13.7. The topological polar surface area (TPSA) is 83.6 Å². The van der Waals surface area contributed by atoms with E-state index < -0.39 is 0 Å². The predicted molar refractivity (Wildman–Crippen MR) is 167 cm³/mol. The van der Waals surface area contributed by atoms with Crippen molar-refractivity contribution in [1.82, 2.24) is 15.2 Å². The molecule has 2 aliphatic carbocycles. The summed E-state index contributed by atoms with van der Waals surface area (Å²) in [5.41, 5.74) is 5.52. The average molecular weight is 569 g/mol. The highest BCUT2D eigenvalue weighted by atomic mass is 16.5. The van der Waals surface area contributed by atoms with Crippen molar-refractivity contribution in [2.45, 2.75) is 84.7 Å². The van der Waals surface area contributed by atoms with E-state index in [0.717, 1.165) is 63.1 Å². The number of hydrogen-bond donors (Lipinski definition) is 2. The number of ether oxygens (including phenoxy) is 1. The van der Waals surface area contributed by atoms with Crippen molar-refractivity contribution in [2.75, 3.05) is 18.4 Å². The summed E-state index contributed by atoms with van der Waals surface area (Å²) in [5.74, 6) is 1.97. The Morgan fingerprint density at radius 1 is 0.952 bits per heavy atom. The quantitative estimate of drug-likeness (QED) is 0.286. The summed E-state index contributed by atoms with van der Waals surface area (Å²) in [6.07, 6.45) is 6.09. The molecule has 2 aliphatic rings. The molecule has 0 radical (unpaired) electrons. The second-order valence-electron chi connectivity index (χ2n) is 12.7. The molecule has 2 aromatic carbocycles. The van der Waals surface area contributed by atoms with Crippen LogP contribution in [0.5, 0.6) is 11.5 Å². The second-order valence-corrected chi connectivity index (χ2v) is 12.7. The Kier molecular flexibility index (Phi) is 8.97. The minimum atomic E-state index is -0.0487. The minimum absolute atomic E-state index is 0.0136. The Hall–Kier alpha value is -3.71. The normalized spacial score (nSPS) is 16.6. The Balaban J connectivity index is 1.26. The van der Waals surface area contributed by atoms with E-state index in [1.807, 2.05) is 6.07 Å².